The Morgan fingerprint density at radius 1 is 1.00 bits per heavy atom. The zero-order valence-corrected chi connectivity index (χ0v) is 14.2. The summed E-state index contributed by atoms with van der Waals surface area (Å²) in [6.45, 7) is 2.75. The number of carbonyl (C=O) groups excluding carboxylic acids is 3. The minimum absolute atomic E-state index is 0.0118. The average molecular weight is 362 g/mol. The topological polar surface area (TPSA) is 104 Å². The van der Waals surface area contributed by atoms with Gasteiger partial charge in [0, 0.05) is 0 Å². The Morgan fingerprint density at radius 3 is 2.04 bits per heavy atom. The van der Waals surface area contributed by atoms with Crippen LogP contribution in [0.2, 0.25) is 0 Å². The molecule has 8 nitrogen and oxygen atoms in total. The zero-order valence-electron chi connectivity index (χ0n) is 14.2. The summed E-state index contributed by atoms with van der Waals surface area (Å²) in [4.78, 5) is 36.5. The monoisotopic (exact) mass is 362 g/mol. The molecule has 1 aromatic rings. The summed E-state index contributed by atoms with van der Waals surface area (Å²) in [7, 11) is 0. The highest BCUT2D eigenvalue weighted by atomic mass is 16.6. The summed E-state index contributed by atoms with van der Waals surface area (Å²) in [6, 6.07) is 3.97. The molecule has 26 heavy (non-hydrogen) atoms. The van der Waals surface area contributed by atoms with E-state index in [4.69, 9.17) is 23.7 Å². The molecule has 0 N–H and O–H groups in total. The molecule has 1 saturated heterocycles. The Hall–Kier alpha value is -2.87. The van der Waals surface area contributed by atoms with Crippen LogP contribution in [0, 0.1) is 0 Å². The van der Waals surface area contributed by atoms with Crippen molar-refractivity contribution < 1.29 is 38.1 Å². The fourth-order valence-electron chi connectivity index (χ4n) is 2.01. The van der Waals surface area contributed by atoms with Crippen LogP contribution in [0.1, 0.15) is 44.4 Å². The van der Waals surface area contributed by atoms with E-state index in [-0.39, 0.29) is 42.6 Å². The molecule has 0 aliphatic carbocycles. The van der Waals surface area contributed by atoms with E-state index in [0.717, 1.165) is 0 Å². The first-order chi connectivity index (χ1) is 12.6. The number of carbonyl (C=O) groups is 3. The van der Waals surface area contributed by atoms with Crippen LogP contribution in [0.15, 0.2) is 30.2 Å². The highest BCUT2D eigenvalue weighted by Crippen LogP contribution is 2.18. The van der Waals surface area contributed by atoms with Crippen LogP contribution in [0.4, 0.5) is 0 Å². The van der Waals surface area contributed by atoms with Crippen LogP contribution in [-0.2, 0) is 23.7 Å². The van der Waals surface area contributed by atoms with Gasteiger partial charge in [-0.3, -0.25) is 0 Å². The Morgan fingerprint density at radius 2 is 1.54 bits per heavy atom. The molecule has 1 aromatic carbocycles. The lowest BCUT2D eigenvalue weighted by atomic mass is 10.1. The minimum atomic E-state index is -0.689. The Balaban J connectivity index is 1.77. The van der Waals surface area contributed by atoms with E-state index in [1.807, 2.05) is 6.92 Å². The zero-order chi connectivity index (χ0) is 18.5. The third-order valence-corrected chi connectivity index (χ3v) is 3.51. The number of esters is 3. The van der Waals surface area contributed by atoms with Gasteiger partial charge < -0.3 is 23.7 Å². The van der Waals surface area contributed by atoms with Gasteiger partial charge in [0.15, 0.2) is 12.4 Å². The molecular weight excluding hydrogens is 344 g/mol. The Labute approximate surface area is 149 Å². The molecular formula is C18H18O8. The lowest BCUT2D eigenvalue weighted by Crippen LogP contribution is -2.15. The molecule has 2 aliphatic rings. The standard InChI is InChI=1S/C18H18O8/c1-2-3-22-16(19)11-4-12(17(20)25-9-14-7-23-14)6-13(5-11)18(21)26-10-15-8-24-15/h4-7,15H,2-3,8-10H2,1H3. The van der Waals surface area contributed by atoms with Crippen molar-refractivity contribution in [3.63, 3.8) is 0 Å². The second-order valence-electron chi connectivity index (χ2n) is 5.77. The molecule has 0 spiro atoms. The van der Waals surface area contributed by atoms with Crippen LogP contribution in [0.3, 0.4) is 0 Å². The molecule has 0 aromatic heterocycles. The van der Waals surface area contributed by atoms with Crippen LogP contribution in [-0.4, -0.2) is 50.4 Å². The van der Waals surface area contributed by atoms with Crippen molar-refractivity contribution in [2.75, 3.05) is 26.4 Å². The molecule has 2 aliphatic heterocycles. The fourth-order valence-corrected chi connectivity index (χ4v) is 2.01. The minimum Gasteiger partial charge on any atom is -0.462 e. The van der Waals surface area contributed by atoms with E-state index >= 15 is 0 Å². The number of hydrogen-bond donors (Lipinski definition) is 0. The Kier molecular flexibility index (Phi) is 5.52. The predicted molar refractivity (Wildman–Crippen MR) is 86.5 cm³/mol. The third-order valence-electron chi connectivity index (χ3n) is 3.51. The quantitative estimate of drug-likeness (QED) is 0.372. The lowest BCUT2D eigenvalue weighted by molar-refractivity contribution is 0.0476. The average Bonchev–Trinajstić information content (AvgIpc) is 3.56. The highest BCUT2D eigenvalue weighted by molar-refractivity contribution is 6.00. The van der Waals surface area contributed by atoms with Gasteiger partial charge in [-0.15, -0.1) is 0 Å². The van der Waals surface area contributed by atoms with E-state index in [0.29, 0.717) is 18.8 Å². The van der Waals surface area contributed by atoms with Crippen molar-refractivity contribution in [2.24, 2.45) is 0 Å². The van der Waals surface area contributed by atoms with Gasteiger partial charge in [0.2, 0.25) is 0 Å². The van der Waals surface area contributed by atoms with E-state index in [1.54, 1.807) is 0 Å². The van der Waals surface area contributed by atoms with Gasteiger partial charge in [0.05, 0.1) is 29.9 Å². The summed E-state index contributed by atoms with van der Waals surface area (Å²) in [5, 5.41) is 0. The molecule has 3 rings (SSSR count). The van der Waals surface area contributed by atoms with Crippen molar-refractivity contribution in [3.8, 4) is 0 Å². The summed E-state index contributed by atoms with van der Waals surface area (Å²) in [5.41, 5.74) is 0.182. The summed E-state index contributed by atoms with van der Waals surface area (Å²) in [6.07, 6.45) is 2.01. The molecule has 138 valence electrons. The van der Waals surface area contributed by atoms with E-state index in [2.05, 4.69) is 0 Å². The molecule has 2 heterocycles. The number of hydrogen-bond acceptors (Lipinski definition) is 8. The van der Waals surface area contributed by atoms with E-state index in [9.17, 15) is 14.4 Å². The maximum absolute atomic E-state index is 12.2. The van der Waals surface area contributed by atoms with Crippen molar-refractivity contribution in [2.45, 2.75) is 19.4 Å². The smallest absolute Gasteiger partial charge is 0.338 e. The first-order valence-corrected chi connectivity index (χ1v) is 8.20. The number of ether oxygens (including phenoxy) is 5. The molecule has 0 bridgehead atoms. The van der Waals surface area contributed by atoms with E-state index in [1.165, 1.54) is 24.5 Å². The van der Waals surface area contributed by atoms with Crippen LogP contribution in [0.25, 0.3) is 0 Å². The highest BCUT2D eigenvalue weighted by Gasteiger charge is 2.25. The van der Waals surface area contributed by atoms with Gasteiger partial charge in [-0.05, 0) is 24.6 Å². The molecule has 1 fully saturated rings. The fraction of sp³-hybridized carbons (Fsp3) is 0.389. The first kappa shape index (κ1) is 17.9. The van der Waals surface area contributed by atoms with Crippen molar-refractivity contribution in [1.29, 1.82) is 0 Å². The van der Waals surface area contributed by atoms with Gasteiger partial charge in [-0.25, -0.2) is 14.4 Å². The summed E-state index contributed by atoms with van der Waals surface area (Å²) >= 11 is 0. The lowest BCUT2D eigenvalue weighted by Gasteiger charge is -2.09. The van der Waals surface area contributed by atoms with Gasteiger partial charge in [-0.2, -0.15) is 0 Å². The molecule has 8 heteroatoms. The predicted octanol–water partition coefficient (Wildman–Crippen LogP) is 1.84. The molecule has 1 atom stereocenters. The summed E-state index contributed by atoms with van der Waals surface area (Å²) < 4.78 is 25.0. The Bertz CT molecular complexity index is 748. The number of epoxide rings is 1. The maximum Gasteiger partial charge on any atom is 0.338 e. The summed E-state index contributed by atoms with van der Waals surface area (Å²) in [5.74, 6) is -1.44. The maximum atomic E-state index is 12.2. The van der Waals surface area contributed by atoms with Gasteiger partial charge in [0.25, 0.3) is 0 Å². The van der Waals surface area contributed by atoms with Crippen molar-refractivity contribution >= 4 is 17.9 Å². The van der Waals surface area contributed by atoms with Crippen LogP contribution >= 0.6 is 0 Å². The second-order valence-corrected chi connectivity index (χ2v) is 5.77. The molecule has 0 saturated carbocycles. The molecule has 1 unspecified atom stereocenters. The third kappa shape index (κ3) is 5.06. The van der Waals surface area contributed by atoms with Crippen LogP contribution in [0.5, 0.6) is 0 Å². The van der Waals surface area contributed by atoms with E-state index < -0.39 is 17.9 Å². The molecule has 0 radical (unpaired) electrons. The number of rotatable bonds is 9. The molecule has 0 amide bonds. The van der Waals surface area contributed by atoms with Crippen LogP contribution < -0.4 is 0 Å². The largest absolute Gasteiger partial charge is 0.462 e. The van der Waals surface area contributed by atoms with Gasteiger partial charge in [-0.1, -0.05) is 6.92 Å². The first-order valence-electron chi connectivity index (χ1n) is 8.20. The van der Waals surface area contributed by atoms with Crippen molar-refractivity contribution in [3.05, 3.63) is 46.9 Å². The van der Waals surface area contributed by atoms with Gasteiger partial charge >= 0.3 is 17.9 Å². The SMILES string of the molecule is CCCOC(=O)c1cc(C(=O)OCC2=CO2)cc(C(=O)OCC2CO2)c1. The number of benzene rings is 1. The van der Waals surface area contributed by atoms with Crippen molar-refractivity contribution in [1.82, 2.24) is 0 Å². The van der Waals surface area contributed by atoms with Gasteiger partial charge in [0.1, 0.15) is 19.0 Å². The second kappa shape index (κ2) is 8.01. The normalized spacial score (nSPS) is 16.8.